The van der Waals surface area contributed by atoms with Gasteiger partial charge >= 0.3 is 5.69 Å². The van der Waals surface area contributed by atoms with Gasteiger partial charge in [-0.05, 0) is 22.6 Å². The third-order valence-corrected chi connectivity index (χ3v) is 3.51. The number of aromatic nitrogens is 2. The topological polar surface area (TPSA) is 111 Å². The summed E-state index contributed by atoms with van der Waals surface area (Å²) in [5, 5.41) is 18.4. The molecule has 18 heavy (non-hydrogen) atoms. The van der Waals surface area contributed by atoms with Crippen molar-refractivity contribution in [1.82, 2.24) is 9.55 Å². The molecular formula is C9H11FIN3O4. The molecule has 1 aromatic heterocycles. The van der Waals surface area contributed by atoms with Crippen LogP contribution in [0, 0.1) is 3.57 Å². The van der Waals surface area contributed by atoms with Gasteiger partial charge in [-0.1, -0.05) is 0 Å². The van der Waals surface area contributed by atoms with E-state index in [-0.39, 0.29) is 5.82 Å². The van der Waals surface area contributed by atoms with E-state index in [1.165, 1.54) is 6.20 Å². The molecule has 7 nitrogen and oxygen atoms in total. The number of nitrogens with two attached hydrogens (primary N) is 1. The molecule has 1 aromatic rings. The van der Waals surface area contributed by atoms with Crippen LogP contribution in [0.15, 0.2) is 11.0 Å². The largest absolute Gasteiger partial charge is 0.394 e. The molecule has 4 N–H and O–H groups in total. The summed E-state index contributed by atoms with van der Waals surface area (Å²) in [5.74, 6) is 0.0458. The van der Waals surface area contributed by atoms with Crippen LogP contribution in [0.25, 0.3) is 0 Å². The molecule has 1 fully saturated rings. The first-order chi connectivity index (χ1) is 8.45. The SMILES string of the molecule is Nc1nc(=O)n([C@H]2O[C@H](CO)[C@@H](O)[C@H]2F)cc1I. The lowest BCUT2D eigenvalue weighted by molar-refractivity contribution is -0.0491. The Morgan fingerprint density at radius 3 is 2.89 bits per heavy atom. The second-order valence-electron chi connectivity index (χ2n) is 3.85. The van der Waals surface area contributed by atoms with Gasteiger partial charge in [0, 0.05) is 6.20 Å². The molecule has 1 aliphatic rings. The van der Waals surface area contributed by atoms with Crippen LogP contribution in [0.2, 0.25) is 0 Å². The van der Waals surface area contributed by atoms with Crippen molar-refractivity contribution in [3.05, 3.63) is 20.3 Å². The van der Waals surface area contributed by atoms with Gasteiger partial charge in [0.1, 0.15) is 18.0 Å². The molecule has 0 unspecified atom stereocenters. The van der Waals surface area contributed by atoms with Gasteiger partial charge in [0.15, 0.2) is 12.4 Å². The number of ether oxygens (including phenoxy) is 1. The van der Waals surface area contributed by atoms with Crippen molar-refractivity contribution in [2.75, 3.05) is 12.3 Å². The summed E-state index contributed by atoms with van der Waals surface area (Å²) in [6.07, 6.45) is -4.38. The smallest absolute Gasteiger partial charge is 0.351 e. The number of aliphatic hydroxyl groups excluding tert-OH is 2. The molecule has 0 bridgehead atoms. The van der Waals surface area contributed by atoms with Gasteiger partial charge in [-0.15, -0.1) is 0 Å². The molecule has 0 spiro atoms. The highest BCUT2D eigenvalue weighted by Crippen LogP contribution is 2.31. The lowest BCUT2D eigenvalue weighted by atomic mass is 10.1. The Morgan fingerprint density at radius 2 is 2.33 bits per heavy atom. The van der Waals surface area contributed by atoms with Gasteiger partial charge in [0.25, 0.3) is 0 Å². The van der Waals surface area contributed by atoms with E-state index in [9.17, 15) is 14.3 Å². The average molecular weight is 371 g/mol. The predicted octanol–water partition coefficient (Wildman–Crippen LogP) is -0.981. The van der Waals surface area contributed by atoms with Crippen molar-refractivity contribution in [3.63, 3.8) is 0 Å². The van der Waals surface area contributed by atoms with Crippen LogP contribution in [0.4, 0.5) is 10.2 Å². The Kier molecular flexibility index (Phi) is 3.84. The van der Waals surface area contributed by atoms with E-state index in [4.69, 9.17) is 15.6 Å². The van der Waals surface area contributed by atoms with Gasteiger partial charge in [0.2, 0.25) is 0 Å². The summed E-state index contributed by atoms with van der Waals surface area (Å²) in [4.78, 5) is 15.1. The number of rotatable bonds is 2. The van der Waals surface area contributed by atoms with Crippen LogP contribution in [0.3, 0.4) is 0 Å². The number of hydrogen-bond donors (Lipinski definition) is 3. The first-order valence-electron chi connectivity index (χ1n) is 5.08. The lowest BCUT2D eigenvalue weighted by Gasteiger charge is -2.16. The third-order valence-electron chi connectivity index (χ3n) is 2.68. The molecular weight excluding hydrogens is 360 g/mol. The third kappa shape index (κ3) is 2.22. The number of nitrogen functional groups attached to an aromatic ring is 1. The maximum absolute atomic E-state index is 13.8. The molecule has 1 saturated heterocycles. The van der Waals surface area contributed by atoms with E-state index in [0.29, 0.717) is 3.57 Å². The maximum Gasteiger partial charge on any atom is 0.351 e. The first kappa shape index (κ1) is 13.6. The summed E-state index contributed by atoms with van der Waals surface area (Å²) >= 11 is 1.84. The van der Waals surface area contributed by atoms with E-state index < -0.39 is 36.9 Å². The second kappa shape index (κ2) is 5.07. The Morgan fingerprint density at radius 1 is 1.67 bits per heavy atom. The Hall–Kier alpha value is -0.780. The maximum atomic E-state index is 13.8. The van der Waals surface area contributed by atoms with Crippen LogP contribution >= 0.6 is 22.6 Å². The highest BCUT2D eigenvalue weighted by molar-refractivity contribution is 14.1. The summed E-state index contributed by atoms with van der Waals surface area (Å²) < 4.78 is 20.3. The Labute approximate surface area is 115 Å². The molecule has 0 radical (unpaired) electrons. The van der Waals surface area contributed by atoms with Crippen LogP contribution in [0.5, 0.6) is 0 Å². The Bertz CT molecular complexity index is 511. The van der Waals surface area contributed by atoms with Gasteiger partial charge in [-0.2, -0.15) is 4.98 Å². The van der Waals surface area contributed by atoms with E-state index in [0.717, 1.165) is 4.57 Å². The zero-order valence-corrected chi connectivity index (χ0v) is 11.2. The van der Waals surface area contributed by atoms with E-state index in [1.807, 2.05) is 22.6 Å². The second-order valence-corrected chi connectivity index (χ2v) is 5.01. The number of nitrogens with zero attached hydrogens (tertiary/aromatic N) is 2. The van der Waals surface area contributed by atoms with Crippen LogP contribution in [-0.2, 0) is 4.74 Å². The fourth-order valence-corrected chi connectivity index (χ4v) is 2.14. The van der Waals surface area contributed by atoms with Crippen molar-refractivity contribution in [2.24, 2.45) is 0 Å². The van der Waals surface area contributed by atoms with Crippen molar-refractivity contribution >= 4 is 28.4 Å². The summed E-state index contributed by atoms with van der Waals surface area (Å²) in [7, 11) is 0. The molecule has 2 heterocycles. The molecule has 2 rings (SSSR count). The Balaban J connectivity index is 2.39. The fourth-order valence-electron chi connectivity index (χ4n) is 1.72. The molecule has 0 aliphatic carbocycles. The average Bonchev–Trinajstić information content (AvgIpc) is 2.61. The zero-order chi connectivity index (χ0) is 13.4. The van der Waals surface area contributed by atoms with E-state index in [2.05, 4.69) is 4.98 Å². The molecule has 0 amide bonds. The standard InChI is InChI=1S/C9H11FIN3O4/c10-5-6(16)4(2-15)18-8(5)14-1-3(11)7(12)13-9(14)17/h1,4-6,8,15-16H,2H2,(H2,12,13,17)/t4-,5-,6-,8+/m1/s1. The van der Waals surface area contributed by atoms with Crippen LogP contribution in [-0.4, -0.2) is 44.8 Å². The summed E-state index contributed by atoms with van der Waals surface area (Å²) in [5.41, 5.74) is 4.68. The van der Waals surface area contributed by atoms with Gasteiger partial charge in [-0.25, -0.2) is 9.18 Å². The molecule has 4 atom stereocenters. The fraction of sp³-hybridized carbons (Fsp3) is 0.556. The van der Waals surface area contributed by atoms with Crippen molar-refractivity contribution in [1.29, 1.82) is 0 Å². The molecule has 100 valence electrons. The van der Waals surface area contributed by atoms with Gasteiger partial charge in [-0.3, -0.25) is 4.57 Å². The molecule has 0 saturated carbocycles. The quantitative estimate of drug-likeness (QED) is 0.577. The summed E-state index contributed by atoms with van der Waals surface area (Å²) in [6.45, 7) is -0.535. The van der Waals surface area contributed by atoms with Gasteiger partial charge in [0.05, 0.1) is 10.2 Å². The molecule has 1 aliphatic heterocycles. The minimum Gasteiger partial charge on any atom is -0.394 e. The van der Waals surface area contributed by atoms with Gasteiger partial charge < -0.3 is 20.7 Å². The molecule has 9 heteroatoms. The lowest BCUT2D eigenvalue weighted by Crippen LogP contribution is -2.34. The normalized spacial score (nSPS) is 31.8. The zero-order valence-electron chi connectivity index (χ0n) is 9.03. The predicted molar refractivity (Wildman–Crippen MR) is 67.5 cm³/mol. The number of alkyl halides is 1. The van der Waals surface area contributed by atoms with Crippen molar-refractivity contribution in [3.8, 4) is 0 Å². The minimum absolute atomic E-state index is 0.0458. The first-order valence-corrected chi connectivity index (χ1v) is 6.16. The number of halogens is 2. The van der Waals surface area contributed by atoms with Crippen LogP contribution in [0.1, 0.15) is 6.23 Å². The van der Waals surface area contributed by atoms with Crippen LogP contribution < -0.4 is 11.4 Å². The number of anilines is 1. The van der Waals surface area contributed by atoms with E-state index in [1.54, 1.807) is 0 Å². The van der Waals surface area contributed by atoms with Crippen molar-refractivity contribution < 1.29 is 19.3 Å². The monoisotopic (exact) mass is 371 g/mol. The highest BCUT2D eigenvalue weighted by Gasteiger charge is 2.45. The van der Waals surface area contributed by atoms with Crippen molar-refractivity contribution in [2.45, 2.75) is 24.6 Å². The molecule has 0 aromatic carbocycles. The van der Waals surface area contributed by atoms with E-state index >= 15 is 0 Å². The summed E-state index contributed by atoms with van der Waals surface area (Å²) in [6, 6.07) is 0. The number of aliphatic hydroxyl groups is 2. The highest BCUT2D eigenvalue weighted by atomic mass is 127. The number of hydrogen-bond acceptors (Lipinski definition) is 6. The minimum atomic E-state index is -1.82.